The predicted molar refractivity (Wildman–Crippen MR) is 114 cm³/mol. The minimum atomic E-state index is -0.250. The number of carboxylic acid groups (broad SMARTS) is 1. The molecule has 0 saturated heterocycles. The van der Waals surface area contributed by atoms with Crippen molar-refractivity contribution in [1.29, 1.82) is 0 Å². The normalized spacial score (nSPS) is 14.5. The SMILES string of the molecule is CCOc1cc(C2CC(=O)Nc3c2c(-c2cccnc2)nn3C)ccc1OC.O=CO. The minimum Gasteiger partial charge on any atom is -0.493 e. The van der Waals surface area contributed by atoms with E-state index in [1.54, 1.807) is 24.2 Å². The number of ether oxygens (including phenoxy) is 2. The van der Waals surface area contributed by atoms with Crippen LogP contribution in [0.5, 0.6) is 11.5 Å². The Morgan fingerprint density at radius 2 is 2.10 bits per heavy atom. The fourth-order valence-electron chi connectivity index (χ4n) is 3.67. The van der Waals surface area contributed by atoms with Crippen LogP contribution in [0.2, 0.25) is 0 Å². The Labute approximate surface area is 179 Å². The first-order valence-electron chi connectivity index (χ1n) is 9.69. The lowest BCUT2D eigenvalue weighted by atomic mass is 9.84. The van der Waals surface area contributed by atoms with E-state index in [-0.39, 0.29) is 18.3 Å². The van der Waals surface area contributed by atoms with Crippen LogP contribution in [0.25, 0.3) is 11.3 Å². The average molecular weight is 424 g/mol. The van der Waals surface area contributed by atoms with Crippen molar-refractivity contribution in [3.05, 3.63) is 53.9 Å². The Hall–Kier alpha value is -3.88. The molecule has 0 bridgehead atoms. The lowest BCUT2D eigenvalue weighted by Crippen LogP contribution is -2.24. The number of hydrogen-bond donors (Lipinski definition) is 2. The van der Waals surface area contributed by atoms with E-state index in [1.165, 1.54) is 0 Å². The van der Waals surface area contributed by atoms with Crippen molar-refractivity contribution in [3.63, 3.8) is 0 Å². The van der Waals surface area contributed by atoms with E-state index in [1.807, 2.05) is 44.3 Å². The number of aryl methyl sites for hydroxylation is 1. The van der Waals surface area contributed by atoms with E-state index in [9.17, 15) is 4.79 Å². The van der Waals surface area contributed by atoms with Gasteiger partial charge in [0, 0.05) is 42.9 Å². The van der Waals surface area contributed by atoms with Crippen LogP contribution in [0.3, 0.4) is 0 Å². The standard InChI is InChI=1S/C21H22N4O3.CH2O2/c1-4-28-17-10-13(7-8-16(17)27-3)15-11-18(26)23-21-19(15)20(24-25(21)2)14-6-5-9-22-12-14;2-1-3/h5-10,12,15H,4,11H2,1-3H3,(H,23,26);1H,(H,2,3). The van der Waals surface area contributed by atoms with Gasteiger partial charge in [-0.2, -0.15) is 5.10 Å². The van der Waals surface area contributed by atoms with Crippen LogP contribution in [0.4, 0.5) is 5.82 Å². The Morgan fingerprint density at radius 3 is 2.74 bits per heavy atom. The third kappa shape index (κ3) is 4.50. The molecule has 0 spiro atoms. The summed E-state index contributed by atoms with van der Waals surface area (Å²) in [6.07, 6.45) is 3.86. The molecule has 4 rings (SSSR count). The van der Waals surface area contributed by atoms with Gasteiger partial charge in [-0.1, -0.05) is 6.07 Å². The van der Waals surface area contributed by atoms with E-state index in [0.717, 1.165) is 22.4 Å². The van der Waals surface area contributed by atoms with E-state index < -0.39 is 0 Å². The number of hydrogen-bond acceptors (Lipinski definition) is 6. The maximum Gasteiger partial charge on any atom is 0.290 e. The molecule has 1 unspecified atom stereocenters. The molecule has 0 radical (unpaired) electrons. The van der Waals surface area contributed by atoms with Gasteiger partial charge in [-0.3, -0.25) is 19.3 Å². The van der Waals surface area contributed by atoms with Crippen molar-refractivity contribution >= 4 is 18.2 Å². The van der Waals surface area contributed by atoms with Crippen LogP contribution in [0.15, 0.2) is 42.7 Å². The fraction of sp³-hybridized carbons (Fsp3) is 0.273. The van der Waals surface area contributed by atoms with Crippen LogP contribution in [-0.2, 0) is 16.6 Å². The van der Waals surface area contributed by atoms with Gasteiger partial charge in [0.15, 0.2) is 11.5 Å². The first kappa shape index (κ1) is 21.8. The summed E-state index contributed by atoms with van der Waals surface area (Å²) in [5.74, 6) is 1.88. The zero-order chi connectivity index (χ0) is 22.4. The highest BCUT2D eigenvalue weighted by Gasteiger charge is 2.33. The maximum absolute atomic E-state index is 12.4. The second-order valence-corrected chi connectivity index (χ2v) is 6.73. The first-order chi connectivity index (χ1) is 15.0. The van der Waals surface area contributed by atoms with Gasteiger partial charge in [0.1, 0.15) is 5.82 Å². The number of anilines is 1. The second kappa shape index (κ2) is 9.75. The number of rotatable bonds is 5. The molecule has 162 valence electrons. The van der Waals surface area contributed by atoms with Gasteiger partial charge in [0.25, 0.3) is 6.47 Å². The first-order valence-corrected chi connectivity index (χ1v) is 9.69. The zero-order valence-corrected chi connectivity index (χ0v) is 17.5. The van der Waals surface area contributed by atoms with E-state index >= 15 is 0 Å². The molecule has 1 aliphatic heterocycles. The number of methoxy groups -OCH3 is 1. The minimum absolute atomic E-state index is 0.0352. The molecule has 9 heteroatoms. The third-order valence-corrected chi connectivity index (χ3v) is 4.90. The highest BCUT2D eigenvalue weighted by atomic mass is 16.5. The molecule has 2 N–H and O–H groups in total. The van der Waals surface area contributed by atoms with Crippen molar-refractivity contribution in [2.24, 2.45) is 7.05 Å². The lowest BCUT2D eigenvalue weighted by Gasteiger charge is -2.25. The molecule has 0 aliphatic carbocycles. The van der Waals surface area contributed by atoms with Gasteiger partial charge in [-0.05, 0) is 36.8 Å². The van der Waals surface area contributed by atoms with Crippen molar-refractivity contribution in [2.45, 2.75) is 19.3 Å². The molecule has 1 amide bonds. The Kier molecular flexibility index (Phi) is 6.86. The number of nitrogens with zero attached hydrogens (tertiary/aromatic N) is 3. The fourth-order valence-corrected chi connectivity index (χ4v) is 3.67. The molecule has 1 aromatic carbocycles. The number of carbonyl (C=O) groups is 2. The largest absolute Gasteiger partial charge is 0.493 e. The number of fused-ring (bicyclic) bond motifs is 1. The summed E-state index contributed by atoms with van der Waals surface area (Å²) in [5, 5.41) is 14.5. The van der Waals surface area contributed by atoms with E-state index in [2.05, 4.69) is 15.4 Å². The summed E-state index contributed by atoms with van der Waals surface area (Å²) in [5.41, 5.74) is 3.71. The second-order valence-electron chi connectivity index (χ2n) is 6.73. The molecule has 1 aliphatic rings. The maximum atomic E-state index is 12.4. The summed E-state index contributed by atoms with van der Waals surface area (Å²) in [4.78, 5) is 25.0. The van der Waals surface area contributed by atoms with Gasteiger partial charge < -0.3 is 19.9 Å². The quantitative estimate of drug-likeness (QED) is 0.605. The Bertz CT molecular complexity index is 1070. The molecule has 2 aromatic heterocycles. The summed E-state index contributed by atoms with van der Waals surface area (Å²) in [7, 11) is 3.45. The van der Waals surface area contributed by atoms with Crippen molar-refractivity contribution in [2.75, 3.05) is 19.0 Å². The molecular formula is C22H24N4O5. The van der Waals surface area contributed by atoms with Crippen LogP contribution in [0, 0.1) is 0 Å². The topological polar surface area (TPSA) is 116 Å². The number of nitrogens with one attached hydrogen (secondary N) is 1. The average Bonchev–Trinajstić information content (AvgIpc) is 3.11. The highest BCUT2D eigenvalue weighted by Crippen LogP contribution is 2.44. The summed E-state index contributed by atoms with van der Waals surface area (Å²) < 4.78 is 12.9. The monoisotopic (exact) mass is 424 g/mol. The van der Waals surface area contributed by atoms with Gasteiger partial charge >= 0.3 is 0 Å². The molecule has 3 aromatic rings. The summed E-state index contributed by atoms with van der Waals surface area (Å²) >= 11 is 0. The van der Waals surface area contributed by atoms with Crippen LogP contribution >= 0.6 is 0 Å². The molecule has 3 heterocycles. The van der Waals surface area contributed by atoms with Crippen molar-refractivity contribution in [3.8, 4) is 22.8 Å². The number of amides is 1. The molecule has 1 atom stereocenters. The highest BCUT2D eigenvalue weighted by molar-refractivity contribution is 5.96. The van der Waals surface area contributed by atoms with Gasteiger partial charge in [-0.15, -0.1) is 0 Å². The smallest absolute Gasteiger partial charge is 0.290 e. The predicted octanol–water partition coefficient (Wildman–Crippen LogP) is 3.06. The van der Waals surface area contributed by atoms with E-state index in [4.69, 9.17) is 19.4 Å². The zero-order valence-electron chi connectivity index (χ0n) is 17.5. The number of benzene rings is 1. The third-order valence-electron chi connectivity index (χ3n) is 4.90. The molecule has 9 nitrogen and oxygen atoms in total. The molecule has 31 heavy (non-hydrogen) atoms. The van der Waals surface area contributed by atoms with Crippen LogP contribution < -0.4 is 14.8 Å². The van der Waals surface area contributed by atoms with Crippen LogP contribution in [-0.4, -0.2) is 46.0 Å². The molecular weight excluding hydrogens is 400 g/mol. The Morgan fingerprint density at radius 1 is 1.32 bits per heavy atom. The van der Waals surface area contributed by atoms with Gasteiger partial charge in [-0.25, -0.2) is 0 Å². The molecule has 0 fully saturated rings. The van der Waals surface area contributed by atoms with Crippen LogP contribution in [0.1, 0.15) is 30.4 Å². The van der Waals surface area contributed by atoms with Gasteiger partial charge in [0.2, 0.25) is 5.91 Å². The van der Waals surface area contributed by atoms with Gasteiger partial charge in [0.05, 0.1) is 19.4 Å². The lowest BCUT2D eigenvalue weighted by molar-refractivity contribution is -0.123. The molecule has 0 saturated carbocycles. The Balaban J connectivity index is 0.000000858. The summed E-state index contributed by atoms with van der Waals surface area (Å²) in [6.45, 7) is 2.21. The van der Waals surface area contributed by atoms with Crippen molar-refractivity contribution < 1.29 is 24.2 Å². The number of pyridine rings is 1. The van der Waals surface area contributed by atoms with E-state index in [0.29, 0.717) is 30.3 Å². The number of carbonyl (C=O) groups excluding carboxylic acids is 1. The summed E-state index contributed by atoms with van der Waals surface area (Å²) in [6, 6.07) is 9.67. The van der Waals surface area contributed by atoms with Crippen molar-refractivity contribution in [1.82, 2.24) is 14.8 Å². The number of aromatic nitrogens is 3.